The summed E-state index contributed by atoms with van der Waals surface area (Å²) in [5.41, 5.74) is 1.89. The third-order valence-corrected chi connectivity index (χ3v) is 10.7. The first-order chi connectivity index (χ1) is 17.9. The molecule has 2 aromatic heterocycles. The molecule has 0 unspecified atom stereocenters. The lowest BCUT2D eigenvalue weighted by atomic mass is 10.1. The zero-order chi connectivity index (χ0) is 25.6. The fraction of sp³-hybridized carbons (Fsp3) is 0.440. The van der Waals surface area contributed by atoms with E-state index in [1.54, 1.807) is 17.5 Å². The topological polar surface area (TPSA) is 126 Å². The number of thiazole rings is 1. The van der Waals surface area contributed by atoms with E-state index in [-0.39, 0.29) is 22.5 Å². The highest BCUT2D eigenvalue weighted by Gasteiger charge is 2.59. The van der Waals surface area contributed by atoms with Crippen LogP contribution in [0.2, 0.25) is 0 Å². The third-order valence-electron chi connectivity index (χ3n) is 7.01. The summed E-state index contributed by atoms with van der Waals surface area (Å²) in [4.78, 5) is 28.0. The van der Waals surface area contributed by atoms with E-state index >= 15 is 0 Å². The van der Waals surface area contributed by atoms with Crippen molar-refractivity contribution in [3.05, 3.63) is 47.6 Å². The second-order valence-corrected chi connectivity index (χ2v) is 13.1. The molecule has 1 aromatic carbocycles. The van der Waals surface area contributed by atoms with Crippen LogP contribution < -0.4 is 15.5 Å². The lowest BCUT2D eigenvalue weighted by molar-refractivity contribution is 0.0985. The quantitative estimate of drug-likeness (QED) is 0.466. The number of morpholine rings is 1. The van der Waals surface area contributed by atoms with Crippen LogP contribution in [0.15, 0.2) is 46.2 Å². The van der Waals surface area contributed by atoms with Crippen molar-refractivity contribution in [2.45, 2.75) is 53.8 Å². The Balaban J connectivity index is 1.36. The van der Waals surface area contributed by atoms with Crippen LogP contribution in [-0.2, 0) is 19.3 Å². The Morgan fingerprint density at radius 2 is 1.97 bits per heavy atom. The van der Waals surface area contributed by atoms with E-state index in [1.807, 2.05) is 18.2 Å². The smallest absolute Gasteiger partial charge is 0.319 e. The Morgan fingerprint density at radius 1 is 1.19 bits per heavy atom. The number of sulfone groups is 1. The summed E-state index contributed by atoms with van der Waals surface area (Å²) < 4.78 is 31.8. The molecule has 0 bridgehead atoms. The van der Waals surface area contributed by atoms with Gasteiger partial charge in [0.05, 0.1) is 24.9 Å². The molecule has 2 aliphatic carbocycles. The molecule has 6 rings (SSSR count). The van der Waals surface area contributed by atoms with Crippen LogP contribution in [0.4, 0.5) is 16.3 Å². The Labute approximate surface area is 219 Å². The highest BCUT2D eigenvalue weighted by atomic mass is 32.2. The predicted octanol–water partition coefficient (Wildman–Crippen LogP) is 3.57. The highest BCUT2D eigenvalue weighted by Crippen LogP contribution is 2.55. The molecule has 1 atom stereocenters. The Bertz CT molecular complexity index is 1400. The van der Waals surface area contributed by atoms with Crippen LogP contribution in [0.1, 0.15) is 38.3 Å². The van der Waals surface area contributed by atoms with E-state index in [0.717, 1.165) is 29.7 Å². The van der Waals surface area contributed by atoms with Crippen molar-refractivity contribution in [3.8, 4) is 11.4 Å². The molecule has 10 nitrogen and oxygen atoms in total. The molecule has 3 aromatic rings. The van der Waals surface area contributed by atoms with Crippen LogP contribution in [-0.4, -0.2) is 61.2 Å². The van der Waals surface area contributed by atoms with Crippen LogP contribution in [0.3, 0.4) is 0 Å². The lowest BCUT2D eigenvalue weighted by Crippen LogP contribution is -2.44. The first-order valence-corrected chi connectivity index (χ1v) is 14.8. The molecule has 1 saturated heterocycles. The maximum Gasteiger partial charge on any atom is 0.319 e. The molecule has 3 aliphatic rings. The standard InChI is InChI=1S/C25H28N6O4S2/c1-16-15-35-12-11-31(16)21-14-20(25(8-9-25)37(33,34)24-26-10-13-36-24)29-22(30-21)17-2-4-18(5-3-17)27-23(32)28-19-6-7-19/h2-5,10,13-14,16,19H,6-9,11-12,15H2,1H3,(H2,27,28,32)/t16-/m0/s1. The van der Waals surface area contributed by atoms with Gasteiger partial charge in [0.1, 0.15) is 10.6 Å². The van der Waals surface area contributed by atoms with Gasteiger partial charge in [-0.2, -0.15) is 0 Å². The van der Waals surface area contributed by atoms with Crippen LogP contribution >= 0.6 is 11.3 Å². The van der Waals surface area contributed by atoms with Crippen molar-refractivity contribution in [1.29, 1.82) is 0 Å². The Morgan fingerprint density at radius 3 is 2.62 bits per heavy atom. The summed E-state index contributed by atoms with van der Waals surface area (Å²) in [5.74, 6) is 1.13. The number of benzene rings is 1. The van der Waals surface area contributed by atoms with Crippen molar-refractivity contribution in [2.75, 3.05) is 30.0 Å². The number of hydrogen-bond acceptors (Lipinski definition) is 9. The molecular weight excluding hydrogens is 512 g/mol. The average Bonchev–Trinajstić information content (AvgIpc) is 3.82. The third kappa shape index (κ3) is 4.69. The molecule has 37 heavy (non-hydrogen) atoms. The number of urea groups is 1. The van der Waals surface area contributed by atoms with Crippen molar-refractivity contribution in [3.63, 3.8) is 0 Å². The molecule has 12 heteroatoms. The van der Waals surface area contributed by atoms with Crippen molar-refractivity contribution >= 4 is 38.7 Å². The molecule has 1 aliphatic heterocycles. The zero-order valence-corrected chi connectivity index (χ0v) is 22.0. The second kappa shape index (κ2) is 9.34. The van der Waals surface area contributed by atoms with Crippen LogP contribution in [0, 0.1) is 0 Å². The fourth-order valence-corrected chi connectivity index (χ4v) is 7.65. The van der Waals surface area contributed by atoms with E-state index < -0.39 is 14.6 Å². The molecule has 2 N–H and O–H groups in total. The summed E-state index contributed by atoms with van der Waals surface area (Å²) in [7, 11) is -3.70. The molecule has 2 amide bonds. The van der Waals surface area contributed by atoms with Gasteiger partial charge in [0.2, 0.25) is 14.2 Å². The van der Waals surface area contributed by atoms with Gasteiger partial charge in [0.15, 0.2) is 5.82 Å². The zero-order valence-electron chi connectivity index (χ0n) is 20.4. The number of hydrogen-bond donors (Lipinski definition) is 2. The number of carbonyl (C=O) groups excluding carboxylic acids is 1. The number of amides is 2. The summed E-state index contributed by atoms with van der Waals surface area (Å²) in [5, 5.41) is 7.42. The SMILES string of the molecule is C[C@H]1COCCN1c1cc(C2(S(=O)(=O)c3nccs3)CC2)nc(-c2ccc(NC(=O)NC3CC3)cc2)n1. The molecule has 0 radical (unpaired) electrons. The summed E-state index contributed by atoms with van der Waals surface area (Å²) in [6.07, 6.45) is 4.53. The van der Waals surface area contributed by atoms with Crippen LogP contribution in [0.5, 0.6) is 0 Å². The maximum absolute atomic E-state index is 13.6. The highest BCUT2D eigenvalue weighted by molar-refractivity contribution is 7.94. The summed E-state index contributed by atoms with van der Waals surface area (Å²) in [6.45, 7) is 3.86. The van der Waals surface area contributed by atoms with Crippen molar-refractivity contribution in [1.82, 2.24) is 20.3 Å². The van der Waals surface area contributed by atoms with E-state index in [9.17, 15) is 13.2 Å². The number of nitrogens with one attached hydrogen (secondary N) is 2. The minimum Gasteiger partial charge on any atom is -0.377 e. The van der Waals surface area contributed by atoms with Gasteiger partial charge >= 0.3 is 6.03 Å². The molecular formula is C25H28N6O4S2. The van der Waals surface area contributed by atoms with Crippen LogP contribution in [0.25, 0.3) is 11.4 Å². The summed E-state index contributed by atoms with van der Waals surface area (Å²) >= 11 is 1.13. The Hall–Kier alpha value is -3.09. The van der Waals surface area contributed by atoms with Gasteiger partial charge in [-0.3, -0.25) is 0 Å². The number of carbonyl (C=O) groups is 1. The number of anilines is 2. The molecule has 3 fully saturated rings. The molecule has 2 saturated carbocycles. The van der Waals surface area contributed by atoms with Gasteiger partial charge in [-0.25, -0.2) is 28.2 Å². The minimum atomic E-state index is -3.70. The minimum absolute atomic E-state index is 0.0895. The van der Waals surface area contributed by atoms with Gasteiger partial charge in [0, 0.05) is 41.5 Å². The van der Waals surface area contributed by atoms with Gasteiger partial charge < -0.3 is 20.3 Å². The largest absolute Gasteiger partial charge is 0.377 e. The first kappa shape index (κ1) is 24.3. The van der Waals surface area contributed by atoms with Gasteiger partial charge in [-0.1, -0.05) is 0 Å². The molecule has 194 valence electrons. The molecule has 0 spiro atoms. The maximum atomic E-state index is 13.6. The Kier molecular flexibility index (Phi) is 6.12. The molecule has 3 heterocycles. The van der Waals surface area contributed by atoms with Gasteiger partial charge in [0.25, 0.3) is 0 Å². The normalized spacial score (nSPS) is 20.9. The number of nitrogens with zero attached hydrogens (tertiary/aromatic N) is 4. The lowest BCUT2D eigenvalue weighted by Gasteiger charge is -2.34. The number of aromatic nitrogens is 3. The van der Waals surface area contributed by atoms with E-state index in [0.29, 0.717) is 55.6 Å². The average molecular weight is 541 g/mol. The number of ether oxygens (including phenoxy) is 1. The van der Waals surface area contributed by atoms with E-state index in [2.05, 4.69) is 27.4 Å². The predicted molar refractivity (Wildman–Crippen MR) is 140 cm³/mol. The second-order valence-electron chi connectivity index (χ2n) is 9.80. The first-order valence-electron chi connectivity index (χ1n) is 12.4. The summed E-state index contributed by atoms with van der Waals surface area (Å²) in [6, 6.07) is 9.24. The van der Waals surface area contributed by atoms with Crippen molar-refractivity contribution < 1.29 is 17.9 Å². The number of rotatable bonds is 7. The fourth-order valence-electron chi connectivity index (χ4n) is 4.58. The monoisotopic (exact) mass is 540 g/mol. The van der Waals surface area contributed by atoms with Crippen molar-refractivity contribution in [2.24, 2.45) is 0 Å². The van der Waals surface area contributed by atoms with Gasteiger partial charge in [-0.05, 0) is 56.9 Å². The van der Waals surface area contributed by atoms with E-state index in [4.69, 9.17) is 14.7 Å². The van der Waals surface area contributed by atoms with E-state index in [1.165, 1.54) is 6.20 Å². The van der Waals surface area contributed by atoms with Gasteiger partial charge in [-0.15, -0.1) is 11.3 Å².